The number of hydrogen-bond donors (Lipinski definition) is 2. The van der Waals surface area contributed by atoms with E-state index in [-0.39, 0.29) is 18.0 Å². The van der Waals surface area contributed by atoms with Gasteiger partial charge >= 0.3 is 11.9 Å². The molecule has 0 radical (unpaired) electrons. The molecule has 0 saturated carbocycles. The first kappa shape index (κ1) is 27.2. The molecule has 2 N–H and O–H groups in total. The monoisotopic (exact) mass is 644 g/mol. The number of amides is 1. The van der Waals surface area contributed by atoms with Crippen molar-refractivity contribution in [2.75, 3.05) is 13.7 Å². The molecule has 0 spiro atoms. The number of methoxy groups -OCH3 is 1. The second-order valence-electron chi connectivity index (χ2n) is 7.97. The molecule has 1 aliphatic rings. The normalized spacial score (nSPS) is 15.2. The lowest BCUT2D eigenvalue weighted by molar-refractivity contribution is -0.139. The lowest BCUT2D eigenvalue weighted by Gasteiger charge is -2.16. The van der Waals surface area contributed by atoms with Gasteiger partial charge in [-0.05, 0) is 100 Å². The van der Waals surface area contributed by atoms with Gasteiger partial charge in [-0.1, -0.05) is 18.2 Å². The summed E-state index contributed by atoms with van der Waals surface area (Å²) in [5.41, 5.74) is 2.29. The Hall–Kier alpha value is -3.84. The standard InChI is InChI=1S/C27H21IN2O7S/c1-36-20-9-7-19(8-10-20)29-27-30(14-16-2-5-18(6-3-16)26(34)35)25(33)23(38-27)13-17-4-11-22(21(28)12-17)37-15-24(31)32/h2-13H,14-15H2,1H3,(H,31,32)(H,34,35)/b23-13-,29-27?. The number of nitrogens with zero attached hydrogens (tertiary/aromatic N) is 2. The van der Waals surface area contributed by atoms with E-state index in [1.165, 1.54) is 23.9 Å². The van der Waals surface area contributed by atoms with Gasteiger partial charge in [-0.25, -0.2) is 14.6 Å². The van der Waals surface area contributed by atoms with Crippen molar-refractivity contribution in [1.29, 1.82) is 0 Å². The number of thioether (sulfide) groups is 1. The highest BCUT2D eigenvalue weighted by atomic mass is 127. The van der Waals surface area contributed by atoms with Crippen LogP contribution in [-0.4, -0.2) is 51.8 Å². The zero-order valence-corrected chi connectivity index (χ0v) is 22.9. The molecular weight excluding hydrogens is 623 g/mol. The van der Waals surface area contributed by atoms with Crippen LogP contribution in [0.3, 0.4) is 0 Å². The smallest absolute Gasteiger partial charge is 0.341 e. The Morgan fingerprint density at radius 3 is 2.37 bits per heavy atom. The summed E-state index contributed by atoms with van der Waals surface area (Å²) in [5, 5.41) is 18.5. The van der Waals surface area contributed by atoms with Gasteiger partial charge in [0, 0.05) is 0 Å². The third kappa shape index (κ3) is 6.72. The number of carbonyl (C=O) groups excluding carboxylic acids is 1. The van der Waals surface area contributed by atoms with Gasteiger partial charge in [-0.15, -0.1) is 0 Å². The van der Waals surface area contributed by atoms with Crippen LogP contribution in [0.15, 0.2) is 76.6 Å². The Morgan fingerprint density at radius 1 is 1.05 bits per heavy atom. The molecule has 4 rings (SSSR count). The summed E-state index contributed by atoms with van der Waals surface area (Å²) in [7, 11) is 1.58. The van der Waals surface area contributed by atoms with Crippen LogP contribution in [0.1, 0.15) is 21.5 Å². The summed E-state index contributed by atoms with van der Waals surface area (Å²) in [6, 6.07) is 18.7. The van der Waals surface area contributed by atoms with Crippen molar-refractivity contribution < 1.29 is 34.1 Å². The molecule has 1 heterocycles. The Kier molecular flexibility index (Phi) is 8.69. The molecule has 1 saturated heterocycles. The maximum atomic E-state index is 13.5. The second kappa shape index (κ2) is 12.1. The maximum Gasteiger partial charge on any atom is 0.341 e. The fraction of sp³-hybridized carbons (Fsp3) is 0.111. The number of carboxylic acids is 2. The average Bonchev–Trinajstić information content (AvgIpc) is 3.17. The van der Waals surface area contributed by atoms with Crippen molar-refractivity contribution in [2.24, 2.45) is 4.99 Å². The summed E-state index contributed by atoms with van der Waals surface area (Å²) >= 11 is 3.28. The highest BCUT2D eigenvalue weighted by Gasteiger charge is 2.33. The summed E-state index contributed by atoms with van der Waals surface area (Å²) in [4.78, 5) is 42.2. The zero-order chi connectivity index (χ0) is 27.2. The number of aromatic carboxylic acids is 1. The fourth-order valence-electron chi connectivity index (χ4n) is 3.45. The molecule has 1 fully saturated rings. The molecule has 3 aromatic carbocycles. The molecular formula is C27H21IN2O7S. The van der Waals surface area contributed by atoms with Crippen molar-refractivity contribution in [1.82, 2.24) is 4.90 Å². The van der Waals surface area contributed by atoms with Crippen LogP contribution < -0.4 is 9.47 Å². The van der Waals surface area contributed by atoms with Gasteiger partial charge in [0.15, 0.2) is 11.8 Å². The number of benzene rings is 3. The Bertz CT molecular complexity index is 1440. The minimum absolute atomic E-state index is 0.161. The maximum absolute atomic E-state index is 13.5. The summed E-state index contributed by atoms with van der Waals surface area (Å²) in [6.07, 6.45) is 1.74. The van der Waals surface area contributed by atoms with Crippen LogP contribution >= 0.6 is 34.4 Å². The van der Waals surface area contributed by atoms with E-state index in [1.54, 1.807) is 72.7 Å². The van der Waals surface area contributed by atoms with E-state index < -0.39 is 18.5 Å². The lowest BCUT2D eigenvalue weighted by Crippen LogP contribution is -2.28. The van der Waals surface area contributed by atoms with E-state index >= 15 is 0 Å². The third-order valence-corrected chi connectivity index (χ3v) is 7.18. The molecule has 0 atom stereocenters. The number of carboxylic acid groups (broad SMARTS) is 2. The lowest BCUT2D eigenvalue weighted by atomic mass is 10.1. The van der Waals surface area contributed by atoms with Gasteiger partial charge in [-0.3, -0.25) is 9.69 Å². The van der Waals surface area contributed by atoms with Gasteiger partial charge in [0.25, 0.3) is 5.91 Å². The van der Waals surface area contributed by atoms with Crippen molar-refractivity contribution in [3.05, 3.63) is 91.9 Å². The van der Waals surface area contributed by atoms with E-state index in [4.69, 9.17) is 14.6 Å². The molecule has 1 amide bonds. The van der Waals surface area contributed by atoms with Crippen molar-refractivity contribution in [3.8, 4) is 11.5 Å². The van der Waals surface area contributed by atoms with E-state index in [0.717, 1.165) is 11.1 Å². The van der Waals surface area contributed by atoms with Crippen molar-refractivity contribution >= 4 is 69.1 Å². The van der Waals surface area contributed by atoms with Gasteiger partial charge in [0.2, 0.25) is 0 Å². The van der Waals surface area contributed by atoms with Gasteiger partial charge < -0.3 is 19.7 Å². The number of amidine groups is 1. The summed E-state index contributed by atoms with van der Waals surface area (Å²) in [5.74, 6) is -1.21. The molecule has 11 heteroatoms. The quantitative estimate of drug-likeness (QED) is 0.239. The van der Waals surface area contributed by atoms with Gasteiger partial charge in [0.05, 0.1) is 33.4 Å². The molecule has 9 nitrogen and oxygen atoms in total. The number of aliphatic carboxylic acids is 1. The molecule has 3 aromatic rings. The van der Waals surface area contributed by atoms with Crippen LogP contribution in [0.4, 0.5) is 5.69 Å². The van der Waals surface area contributed by atoms with Crippen molar-refractivity contribution in [2.45, 2.75) is 6.54 Å². The highest BCUT2D eigenvalue weighted by molar-refractivity contribution is 14.1. The predicted molar refractivity (Wildman–Crippen MR) is 152 cm³/mol. The van der Waals surface area contributed by atoms with Gasteiger partial charge in [0.1, 0.15) is 11.5 Å². The van der Waals surface area contributed by atoms with Crippen LogP contribution in [0, 0.1) is 3.57 Å². The topological polar surface area (TPSA) is 126 Å². The van der Waals surface area contributed by atoms with Crippen LogP contribution in [0.2, 0.25) is 0 Å². The molecule has 0 unspecified atom stereocenters. The molecule has 194 valence electrons. The van der Waals surface area contributed by atoms with E-state index in [9.17, 15) is 19.5 Å². The Morgan fingerprint density at radius 2 is 1.76 bits per heavy atom. The number of ether oxygens (including phenoxy) is 2. The SMILES string of the molecule is COc1ccc(N=C2S/C(=C\c3ccc(OCC(=O)O)c(I)c3)C(=O)N2Cc2ccc(C(=O)O)cc2)cc1. The first-order valence-corrected chi connectivity index (χ1v) is 13.0. The number of rotatable bonds is 9. The second-order valence-corrected chi connectivity index (χ2v) is 10.1. The minimum atomic E-state index is -1.07. The number of halogens is 1. The predicted octanol–water partition coefficient (Wildman–Crippen LogP) is 5.27. The Labute approximate surface area is 235 Å². The molecule has 0 aliphatic carbocycles. The minimum Gasteiger partial charge on any atom is -0.497 e. The first-order valence-electron chi connectivity index (χ1n) is 11.1. The number of hydrogen-bond acceptors (Lipinski definition) is 7. The van der Waals surface area contributed by atoms with Crippen LogP contribution in [0.5, 0.6) is 11.5 Å². The van der Waals surface area contributed by atoms with E-state index in [0.29, 0.717) is 30.8 Å². The largest absolute Gasteiger partial charge is 0.497 e. The van der Waals surface area contributed by atoms with Gasteiger partial charge in [-0.2, -0.15) is 0 Å². The number of carbonyl (C=O) groups is 3. The molecule has 38 heavy (non-hydrogen) atoms. The Balaban J connectivity index is 1.64. The molecule has 1 aliphatic heterocycles. The highest BCUT2D eigenvalue weighted by Crippen LogP contribution is 2.36. The number of aliphatic imine (C=N–C) groups is 1. The van der Waals surface area contributed by atoms with Crippen LogP contribution in [-0.2, 0) is 16.1 Å². The van der Waals surface area contributed by atoms with E-state index in [2.05, 4.69) is 27.6 Å². The summed E-state index contributed by atoms with van der Waals surface area (Å²) < 4.78 is 11.2. The summed E-state index contributed by atoms with van der Waals surface area (Å²) in [6.45, 7) is -0.240. The first-order chi connectivity index (χ1) is 18.2. The average molecular weight is 644 g/mol. The third-order valence-electron chi connectivity index (χ3n) is 5.33. The van der Waals surface area contributed by atoms with E-state index in [1.807, 2.05) is 0 Å². The molecule has 0 aromatic heterocycles. The van der Waals surface area contributed by atoms with Crippen LogP contribution in [0.25, 0.3) is 6.08 Å². The van der Waals surface area contributed by atoms with Crippen molar-refractivity contribution in [3.63, 3.8) is 0 Å². The fourth-order valence-corrected chi connectivity index (χ4v) is 5.14. The zero-order valence-electron chi connectivity index (χ0n) is 20.0. The molecule has 0 bridgehead atoms.